The van der Waals surface area contributed by atoms with Gasteiger partial charge in [-0.2, -0.15) is 0 Å². The van der Waals surface area contributed by atoms with Gasteiger partial charge in [-0.15, -0.1) is 0 Å². The number of benzene rings is 7. The van der Waals surface area contributed by atoms with Gasteiger partial charge in [0.25, 0.3) is 0 Å². The van der Waals surface area contributed by atoms with Crippen LogP contribution in [-0.2, 0) is 0 Å². The Balaban J connectivity index is 0.000000180. The normalized spacial score (nSPS) is 11.3. The molecule has 0 spiro atoms. The molecule has 1 nitrogen and oxygen atoms in total. The third-order valence-electron chi connectivity index (χ3n) is 7.89. The van der Waals surface area contributed by atoms with Gasteiger partial charge in [-0.25, -0.2) is 0 Å². The van der Waals surface area contributed by atoms with Crippen LogP contribution in [0.5, 0.6) is 0 Å². The van der Waals surface area contributed by atoms with Crippen molar-refractivity contribution in [1.29, 1.82) is 0 Å². The molecule has 0 aliphatic carbocycles. The Hall–Kier alpha value is -4.88. The molecule has 200 valence electrons. The van der Waals surface area contributed by atoms with E-state index in [0.29, 0.717) is 0 Å². The van der Waals surface area contributed by atoms with Crippen LogP contribution in [0.3, 0.4) is 0 Å². The summed E-state index contributed by atoms with van der Waals surface area (Å²) in [5.41, 5.74) is 3.80. The molecule has 0 bridgehead atoms. The van der Waals surface area contributed by atoms with Crippen molar-refractivity contribution in [3.63, 3.8) is 0 Å². The fraction of sp³-hybridized carbons (Fsp3) is 0.100. The second-order valence-electron chi connectivity index (χ2n) is 10.4. The predicted molar refractivity (Wildman–Crippen MR) is 182 cm³/mol. The third kappa shape index (κ3) is 5.71. The lowest BCUT2D eigenvalue weighted by molar-refractivity contribution is 0.866. The van der Waals surface area contributed by atoms with Crippen molar-refractivity contribution in [2.45, 2.75) is 13.8 Å². The summed E-state index contributed by atoms with van der Waals surface area (Å²) in [6, 6.07) is 49.8. The van der Waals surface area contributed by atoms with Crippen LogP contribution in [0.25, 0.3) is 55.2 Å². The van der Waals surface area contributed by atoms with E-state index < -0.39 is 0 Å². The highest BCUT2D eigenvalue weighted by atomic mass is 15.1. The molecule has 7 aromatic carbocycles. The minimum absolute atomic E-state index is 1.04. The van der Waals surface area contributed by atoms with Crippen molar-refractivity contribution in [3.8, 4) is 0 Å². The van der Waals surface area contributed by atoms with E-state index in [1.807, 2.05) is 0 Å². The van der Waals surface area contributed by atoms with Crippen LogP contribution in [0.2, 0.25) is 0 Å². The summed E-state index contributed by atoms with van der Waals surface area (Å²) in [6.45, 7) is 6.47. The first-order chi connectivity index (χ1) is 20.2. The number of hydrogen-bond donors (Lipinski definition) is 0. The second-order valence-corrected chi connectivity index (χ2v) is 10.4. The lowest BCUT2D eigenvalue weighted by Crippen LogP contribution is -2.21. The number of fused-ring (bicyclic) bond motifs is 4. The van der Waals surface area contributed by atoms with Gasteiger partial charge in [0.1, 0.15) is 0 Å². The van der Waals surface area contributed by atoms with Gasteiger partial charge in [-0.3, -0.25) is 0 Å². The van der Waals surface area contributed by atoms with Crippen molar-refractivity contribution in [2.24, 2.45) is 0 Å². The molecule has 0 saturated carbocycles. The molecule has 0 amide bonds. The van der Waals surface area contributed by atoms with Crippen molar-refractivity contribution in [1.82, 2.24) is 0 Å². The molecule has 0 N–H and O–H groups in total. The molecule has 0 saturated heterocycles. The summed E-state index contributed by atoms with van der Waals surface area (Å²) < 4.78 is 0. The van der Waals surface area contributed by atoms with Crippen molar-refractivity contribution >= 4 is 60.9 Å². The Morgan fingerprint density at radius 1 is 0.439 bits per heavy atom. The SMILES string of the molecule is CCN(CC)c1ccc(C=Cc2c3ccccc3cc3ccccc23)cc1.c1ccc2cc3ccccc3cc2c1. The Labute approximate surface area is 243 Å². The summed E-state index contributed by atoms with van der Waals surface area (Å²) in [5, 5.41) is 10.4. The van der Waals surface area contributed by atoms with Gasteiger partial charge < -0.3 is 4.90 Å². The number of anilines is 1. The van der Waals surface area contributed by atoms with Crippen molar-refractivity contribution in [3.05, 3.63) is 151 Å². The van der Waals surface area contributed by atoms with Gasteiger partial charge >= 0.3 is 0 Å². The molecule has 0 aliphatic rings. The zero-order chi connectivity index (χ0) is 28.0. The summed E-state index contributed by atoms with van der Waals surface area (Å²) in [7, 11) is 0. The van der Waals surface area contributed by atoms with Crippen molar-refractivity contribution in [2.75, 3.05) is 18.0 Å². The minimum atomic E-state index is 1.04. The molecule has 0 unspecified atom stereocenters. The maximum absolute atomic E-state index is 2.37. The predicted octanol–water partition coefficient (Wildman–Crippen LogP) is 11.0. The van der Waals surface area contributed by atoms with Crippen LogP contribution in [-0.4, -0.2) is 13.1 Å². The molecule has 0 radical (unpaired) electrons. The molecule has 7 aromatic rings. The standard InChI is InChI=1S/C26H25N.C14H10/c1-3-27(4-2)23-16-13-20(14-17-23)15-18-26-24-11-7-5-9-21(24)19-22-10-6-8-12-25(22)26;1-2-6-12-10-14-8-4-3-7-13(14)9-11(12)5-1/h5-19H,3-4H2,1-2H3;1-10H. The molecule has 0 atom stereocenters. The average molecular weight is 530 g/mol. The van der Waals surface area contributed by atoms with Crippen LogP contribution >= 0.6 is 0 Å². The second kappa shape index (κ2) is 12.1. The fourth-order valence-corrected chi connectivity index (χ4v) is 5.68. The molecule has 7 rings (SSSR count). The first-order valence-corrected chi connectivity index (χ1v) is 14.5. The Kier molecular flexibility index (Phi) is 7.78. The number of hydrogen-bond acceptors (Lipinski definition) is 1. The molecular formula is C40H35N. The van der Waals surface area contributed by atoms with E-state index in [2.05, 4.69) is 170 Å². The Morgan fingerprint density at radius 2 is 0.829 bits per heavy atom. The maximum atomic E-state index is 2.37. The zero-order valence-corrected chi connectivity index (χ0v) is 23.8. The summed E-state index contributed by atoms with van der Waals surface area (Å²) in [6.07, 6.45) is 4.48. The largest absolute Gasteiger partial charge is 0.372 e. The monoisotopic (exact) mass is 529 g/mol. The summed E-state index contributed by atoms with van der Waals surface area (Å²) >= 11 is 0. The highest BCUT2D eigenvalue weighted by Crippen LogP contribution is 2.30. The summed E-state index contributed by atoms with van der Waals surface area (Å²) in [5.74, 6) is 0. The van der Waals surface area contributed by atoms with E-state index in [4.69, 9.17) is 0 Å². The molecule has 0 aliphatic heterocycles. The lowest BCUT2D eigenvalue weighted by Gasteiger charge is -2.20. The fourth-order valence-electron chi connectivity index (χ4n) is 5.68. The first kappa shape index (κ1) is 26.3. The molecule has 0 fully saturated rings. The first-order valence-electron chi connectivity index (χ1n) is 14.5. The topological polar surface area (TPSA) is 3.24 Å². The molecule has 0 heterocycles. The van der Waals surface area contributed by atoms with Crippen LogP contribution in [0.15, 0.2) is 140 Å². The molecule has 41 heavy (non-hydrogen) atoms. The van der Waals surface area contributed by atoms with Crippen LogP contribution in [0.4, 0.5) is 5.69 Å². The van der Waals surface area contributed by atoms with Gasteiger partial charge in [-0.1, -0.05) is 121 Å². The molecule has 1 heteroatoms. The lowest BCUT2D eigenvalue weighted by atomic mass is 9.96. The van der Waals surface area contributed by atoms with Crippen LogP contribution < -0.4 is 4.90 Å². The zero-order valence-electron chi connectivity index (χ0n) is 23.8. The minimum Gasteiger partial charge on any atom is -0.372 e. The van der Waals surface area contributed by atoms with Gasteiger partial charge in [0.05, 0.1) is 0 Å². The Morgan fingerprint density at radius 3 is 1.27 bits per heavy atom. The van der Waals surface area contributed by atoms with E-state index in [0.717, 1.165) is 13.1 Å². The molecule has 0 aromatic heterocycles. The van der Waals surface area contributed by atoms with Crippen LogP contribution in [0, 0.1) is 0 Å². The van der Waals surface area contributed by atoms with E-state index in [-0.39, 0.29) is 0 Å². The smallest absolute Gasteiger partial charge is 0.0366 e. The quantitative estimate of drug-likeness (QED) is 0.158. The van der Waals surface area contributed by atoms with E-state index >= 15 is 0 Å². The van der Waals surface area contributed by atoms with Gasteiger partial charge in [0.2, 0.25) is 0 Å². The van der Waals surface area contributed by atoms with Crippen LogP contribution in [0.1, 0.15) is 25.0 Å². The van der Waals surface area contributed by atoms with E-state index in [1.54, 1.807) is 0 Å². The maximum Gasteiger partial charge on any atom is 0.0366 e. The Bertz CT molecular complexity index is 1800. The highest BCUT2D eigenvalue weighted by molar-refractivity contribution is 6.08. The summed E-state index contributed by atoms with van der Waals surface area (Å²) in [4.78, 5) is 2.37. The van der Waals surface area contributed by atoms with Crippen molar-refractivity contribution < 1.29 is 0 Å². The van der Waals surface area contributed by atoms with E-state index in [1.165, 1.54) is 59.9 Å². The average Bonchev–Trinajstić information content (AvgIpc) is 3.03. The number of nitrogens with zero attached hydrogens (tertiary/aromatic N) is 1. The van der Waals surface area contributed by atoms with Gasteiger partial charge in [-0.05, 0) is 98.4 Å². The van der Waals surface area contributed by atoms with Gasteiger partial charge in [0.15, 0.2) is 0 Å². The van der Waals surface area contributed by atoms with E-state index in [9.17, 15) is 0 Å². The highest BCUT2D eigenvalue weighted by Gasteiger charge is 2.05. The van der Waals surface area contributed by atoms with Gasteiger partial charge in [0, 0.05) is 18.8 Å². The number of rotatable bonds is 5. The molecular weight excluding hydrogens is 494 g/mol. The third-order valence-corrected chi connectivity index (χ3v) is 7.89.